The molecular weight excluding hydrogens is 487 g/mol. The van der Waals surface area contributed by atoms with E-state index in [0.717, 1.165) is 4.90 Å². The second-order valence-corrected chi connectivity index (χ2v) is 8.49. The van der Waals surface area contributed by atoms with Crippen LogP contribution >= 0.6 is 35.0 Å². The van der Waals surface area contributed by atoms with E-state index in [0.29, 0.717) is 5.57 Å². The third-order valence-electron chi connectivity index (χ3n) is 4.75. The highest BCUT2D eigenvalue weighted by atomic mass is 35.5. The van der Waals surface area contributed by atoms with Gasteiger partial charge in [-0.05, 0) is 0 Å². The van der Waals surface area contributed by atoms with Gasteiger partial charge in [0.25, 0.3) is 5.91 Å². The van der Waals surface area contributed by atoms with Gasteiger partial charge in [-0.3, -0.25) is 19.5 Å². The van der Waals surface area contributed by atoms with Crippen LogP contribution in [0.5, 0.6) is 17.2 Å². The Bertz CT molecular complexity index is 1060. The Kier molecular flexibility index (Phi) is 7.11. The lowest BCUT2D eigenvalue weighted by molar-refractivity contribution is -0.148. The molecule has 1 aromatic rings. The minimum Gasteiger partial charge on any atom is -0.505 e. The number of amides is 1. The SMILES string of the molecule is COc1c(Cl)c(O)c(C=N[C@@H]2C(=O)N3C(C(=O)O)=C(COC(C)=O)CS[C@H]23)c(OC)c1Cl. The van der Waals surface area contributed by atoms with Gasteiger partial charge in [-0.2, -0.15) is 0 Å². The maximum Gasteiger partial charge on any atom is 0.352 e. The number of aromatic hydroxyl groups is 1. The molecule has 2 N–H and O–H groups in total. The van der Waals surface area contributed by atoms with E-state index in [-0.39, 0.29) is 45.2 Å². The number of β-lactam (4-membered cyclic amide) rings is 1. The van der Waals surface area contributed by atoms with Crippen LogP contribution in [0.3, 0.4) is 0 Å². The number of aliphatic carboxylic acids is 1. The summed E-state index contributed by atoms with van der Waals surface area (Å²) in [5, 5.41) is 19.3. The van der Waals surface area contributed by atoms with Crippen LogP contribution in [-0.4, -0.2) is 77.2 Å². The Labute approximate surface area is 196 Å². The van der Waals surface area contributed by atoms with Gasteiger partial charge in [0.2, 0.25) is 0 Å². The fraction of sp³-hybridized carbons (Fsp3) is 0.368. The first-order valence-electron chi connectivity index (χ1n) is 9.02. The number of carboxylic acid groups (broad SMARTS) is 1. The number of hydrogen-bond donors (Lipinski definition) is 2. The van der Waals surface area contributed by atoms with Crippen molar-refractivity contribution in [3.63, 3.8) is 0 Å². The zero-order valence-electron chi connectivity index (χ0n) is 17.0. The molecule has 3 rings (SSSR count). The van der Waals surface area contributed by atoms with Gasteiger partial charge in [-0.1, -0.05) is 23.2 Å². The van der Waals surface area contributed by atoms with E-state index in [1.807, 2.05) is 0 Å². The van der Waals surface area contributed by atoms with Gasteiger partial charge in [0.15, 0.2) is 23.3 Å². The second-order valence-electron chi connectivity index (χ2n) is 6.63. The number of benzene rings is 1. The van der Waals surface area contributed by atoms with E-state index in [1.54, 1.807) is 0 Å². The molecule has 0 spiro atoms. The molecule has 10 nitrogen and oxygen atoms in total. The number of phenolic OH excluding ortho intramolecular Hbond substituents is 1. The lowest BCUT2D eigenvalue weighted by Gasteiger charge is -2.47. The average Bonchev–Trinajstić information content (AvgIpc) is 2.75. The van der Waals surface area contributed by atoms with E-state index in [4.69, 9.17) is 37.4 Å². The summed E-state index contributed by atoms with van der Waals surface area (Å²) in [7, 11) is 2.65. The van der Waals surface area contributed by atoms with Gasteiger partial charge in [-0.15, -0.1) is 11.8 Å². The molecule has 0 bridgehead atoms. The van der Waals surface area contributed by atoms with Crippen LogP contribution in [-0.2, 0) is 19.1 Å². The zero-order valence-corrected chi connectivity index (χ0v) is 19.4. The number of phenols is 1. The zero-order chi connectivity index (χ0) is 23.7. The van der Waals surface area contributed by atoms with Crippen molar-refractivity contribution < 1.29 is 38.8 Å². The maximum atomic E-state index is 12.7. The number of hydrogen-bond acceptors (Lipinski definition) is 9. The molecule has 32 heavy (non-hydrogen) atoms. The van der Waals surface area contributed by atoms with Crippen molar-refractivity contribution >= 4 is 59.0 Å². The van der Waals surface area contributed by atoms with E-state index in [9.17, 15) is 24.6 Å². The highest BCUT2D eigenvalue weighted by molar-refractivity contribution is 8.00. The highest BCUT2D eigenvalue weighted by Crippen LogP contribution is 2.48. The van der Waals surface area contributed by atoms with Gasteiger partial charge in [0.05, 0.1) is 19.8 Å². The largest absolute Gasteiger partial charge is 0.505 e. The summed E-state index contributed by atoms with van der Waals surface area (Å²) < 4.78 is 15.2. The first kappa shape index (κ1) is 24.0. The summed E-state index contributed by atoms with van der Waals surface area (Å²) >= 11 is 13.6. The van der Waals surface area contributed by atoms with Gasteiger partial charge in [0.1, 0.15) is 27.7 Å². The number of thioether (sulfide) groups is 1. The molecule has 13 heteroatoms. The van der Waals surface area contributed by atoms with Crippen LogP contribution in [0.15, 0.2) is 16.3 Å². The minimum atomic E-state index is -1.30. The third-order valence-corrected chi connectivity index (χ3v) is 6.77. The van der Waals surface area contributed by atoms with Gasteiger partial charge >= 0.3 is 11.9 Å². The summed E-state index contributed by atoms with van der Waals surface area (Å²) in [4.78, 5) is 40.9. The fourth-order valence-corrected chi connectivity index (χ4v) is 5.26. The molecule has 2 heterocycles. The number of carbonyl (C=O) groups excluding carboxylic acids is 2. The first-order valence-corrected chi connectivity index (χ1v) is 10.8. The topological polar surface area (TPSA) is 135 Å². The number of fused-ring (bicyclic) bond motifs is 1. The van der Waals surface area contributed by atoms with Crippen LogP contribution in [0.1, 0.15) is 12.5 Å². The Morgan fingerprint density at radius 1 is 1.25 bits per heavy atom. The lowest BCUT2D eigenvalue weighted by Crippen LogP contribution is -2.64. The number of halogens is 2. The van der Waals surface area contributed by atoms with Crippen molar-refractivity contribution in [3.05, 3.63) is 26.9 Å². The number of carboxylic acids is 1. The molecule has 1 fully saturated rings. The average molecular weight is 505 g/mol. The number of aliphatic imine (C=N–C) groups is 1. The third kappa shape index (κ3) is 4.07. The van der Waals surface area contributed by atoms with Gasteiger partial charge in [0, 0.05) is 24.5 Å². The van der Waals surface area contributed by atoms with Crippen LogP contribution in [0, 0.1) is 0 Å². The summed E-state index contributed by atoms with van der Waals surface area (Å²) in [6, 6.07) is -0.909. The van der Waals surface area contributed by atoms with E-state index < -0.39 is 35.0 Å². The van der Waals surface area contributed by atoms with Crippen molar-refractivity contribution in [2.75, 3.05) is 26.6 Å². The molecule has 0 radical (unpaired) electrons. The quantitative estimate of drug-likeness (QED) is 0.325. The maximum absolute atomic E-state index is 12.7. The van der Waals surface area contributed by atoms with Gasteiger partial charge in [-0.25, -0.2) is 4.79 Å². The number of ether oxygens (including phenoxy) is 3. The Morgan fingerprint density at radius 2 is 1.91 bits per heavy atom. The Balaban J connectivity index is 1.91. The van der Waals surface area contributed by atoms with Crippen LogP contribution < -0.4 is 9.47 Å². The molecule has 0 saturated carbocycles. The molecule has 1 saturated heterocycles. The van der Waals surface area contributed by atoms with Crippen molar-refractivity contribution in [1.29, 1.82) is 0 Å². The predicted molar refractivity (Wildman–Crippen MR) is 117 cm³/mol. The van der Waals surface area contributed by atoms with Crippen molar-refractivity contribution in [1.82, 2.24) is 4.90 Å². The molecule has 1 aromatic carbocycles. The van der Waals surface area contributed by atoms with E-state index >= 15 is 0 Å². The molecular formula is C19H18Cl2N2O8S. The molecule has 2 aliphatic heterocycles. The number of rotatable bonds is 7. The van der Waals surface area contributed by atoms with E-state index in [2.05, 4.69) is 4.99 Å². The van der Waals surface area contributed by atoms with Crippen LogP contribution in [0.2, 0.25) is 10.0 Å². The van der Waals surface area contributed by atoms with E-state index in [1.165, 1.54) is 39.1 Å². The molecule has 172 valence electrons. The van der Waals surface area contributed by atoms with Crippen LogP contribution in [0.4, 0.5) is 0 Å². The molecule has 0 aliphatic carbocycles. The number of methoxy groups -OCH3 is 2. The standard InChI is InChI=1S/C19H18Cl2N2O8S/c1-7(24)31-5-8-6-32-18-12(17(26)23(18)13(8)19(27)28)22-4-9-14(25)10(20)16(30-3)11(21)15(9)29-2/h4,12,18,25H,5-6H2,1-3H3,(H,27,28)/t12-,18-/m1/s1. The molecule has 1 amide bonds. The molecule has 0 aromatic heterocycles. The second kappa shape index (κ2) is 9.47. The summed E-state index contributed by atoms with van der Waals surface area (Å²) in [5.74, 6) is -2.51. The Hall–Kier alpha value is -2.63. The minimum absolute atomic E-state index is 0.0130. The monoisotopic (exact) mass is 504 g/mol. The highest BCUT2D eigenvalue weighted by Gasteiger charge is 2.53. The number of carbonyl (C=O) groups is 3. The molecule has 2 aliphatic rings. The Morgan fingerprint density at radius 3 is 2.47 bits per heavy atom. The summed E-state index contributed by atoms with van der Waals surface area (Å²) in [6.45, 7) is 0.989. The van der Waals surface area contributed by atoms with Gasteiger partial charge < -0.3 is 24.4 Å². The summed E-state index contributed by atoms with van der Waals surface area (Å²) in [6.07, 6.45) is 1.20. The molecule has 2 atom stereocenters. The summed E-state index contributed by atoms with van der Waals surface area (Å²) in [5.41, 5.74) is 0.139. The smallest absolute Gasteiger partial charge is 0.352 e. The number of esters is 1. The number of nitrogens with zero attached hydrogens (tertiary/aromatic N) is 2. The van der Waals surface area contributed by atoms with Crippen LogP contribution in [0.25, 0.3) is 0 Å². The predicted octanol–water partition coefficient (Wildman–Crippen LogP) is 2.32. The first-order chi connectivity index (χ1) is 15.1. The van der Waals surface area contributed by atoms with Crippen molar-refractivity contribution in [2.45, 2.75) is 18.3 Å². The molecule has 0 unspecified atom stereocenters. The normalized spacial score (nSPS) is 20.2. The fourth-order valence-electron chi connectivity index (χ4n) is 3.27. The lowest BCUT2D eigenvalue weighted by atomic mass is 10.0. The van der Waals surface area contributed by atoms with Crippen molar-refractivity contribution in [2.24, 2.45) is 4.99 Å². The van der Waals surface area contributed by atoms with Crippen molar-refractivity contribution in [3.8, 4) is 17.2 Å².